The van der Waals surface area contributed by atoms with Crippen molar-refractivity contribution < 1.29 is 9.53 Å². The monoisotopic (exact) mass is 363 g/mol. The molecule has 1 aliphatic rings. The van der Waals surface area contributed by atoms with Crippen LogP contribution in [0, 0.1) is 6.92 Å². The molecule has 1 fully saturated rings. The van der Waals surface area contributed by atoms with Gasteiger partial charge < -0.3 is 15.4 Å². The van der Waals surface area contributed by atoms with E-state index < -0.39 is 0 Å². The highest BCUT2D eigenvalue weighted by Gasteiger charge is 2.26. The van der Waals surface area contributed by atoms with Gasteiger partial charge in [0.05, 0.1) is 5.60 Å². The predicted octanol–water partition coefficient (Wildman–Crippen LogP) is 3.02. The zero-order chi connectivity index (χ0) is 19.9. The Morgan fingerprint density at radius 2 is 1.96 bits per heavy atom. The number of likely N-dealkylation sites (tertiary alicyclic amines) is 1. The number of fused-ring (bicyclic) bond motifs is 1. The first-order valence-electron chi connectivity index (χ1n) is 9.10. The van der Waals surface area contributed by atoms with Crippen molar-refractivity contribution >= 4 is 17.7 Å². The third-order valence-electron chi connectivity index (χ3n) is 4.20. The van der Waals surface area contributed by atoms with Crippen molar-refractivity contribution in [1.29, 1.82) is 0 Å². The van der Waals surface area contributed by atoms with E-state index in [1.165, 1.54) is 6.33 Å². The molecule has 0 radical (unpaired) electrons. The number of nitrogen functional groups attached to an aromatic ring is 1. The number of amides is 1. The lowest BCUT2D eigenvalue weighted by Gasteiger charge is -2.14. The van der Waals surface area contributed by atoms with Crippen molar-refractivity contribution in [2.45, 2.75) is 59.5 Å². The van der Waals surface area contributed by atoms with Gasteiger partial charge in [-0.15, -0.1) is 0 Å². The van der Waals surface area contributed by atoms with Crippen molar-refractivity contribution in [3.8, 4) is 0 Å². The molecule has 1 atom stereocenters. The number of aromatic nitrogens is 3. The van der Waals surface area contributed by atoms with Crippen LogP contribution in [0.1, 0.15) is 58.2 Å². The highest BCUT2D eigenvalue weighted by Crippen LogP contribution is 2.30. The van der Waals surface area contributed by atoms with Gasteiger partial charge in [0, 0.05) is 31.8 Å². The van der Waals surface area contributed by atoms with Crippen LogP contribution >= 0.6 is 0 Å². The van der Waals surface area contributed by atoms with Crippen molar-refractivity contribution in [1.82, 2.24) is 19.5 Å². The fourth-order valence-corrected chi connectivity index (χ4v) is 2.70. The minimum Gasteiger partial charge on any atom is -0.382 e. The molecule has 0 bridgehead atoms. The molecule has 2 N–H and O–H groups in total. The summed E-state index contributed by atoms with van der Waals surface area (Å²) < 4.78 is 6.80. The number of hydrogen-bond donors (Lipinski definition) is 1. The first-order chi connectivity index (χ1) is 12.3. The maximum atomic E-state index is 10.8. The number of ether oxygens (including phenoxy) is 1. The summed E-state index contributed by atoms with van der Waals surface area (Å²) in [4.78, 5) is 16.6. The van der Waals surface area contributed by atoms with Crippen LogP contribution in [-0.2, 0) is 9.53 Å². The van der Waals surface area contributed by atoms with Gasteiger partial charge in [0.2, 0.25) is 6.41 Å². The average Bonchev–Trinajstić information content (AvgIpc) is 3.22. The normalized spacial score (nSPS) is 16.6. The lowest BCUT2D eigenvalue weighted by molar-refractivity contribution is -0.117. The average molecular weight is 364 g/mol. The quantitative estimate of drug-likeness (QED) is 0.829. The van der Waals surface area contributed by atoms with E-state index in [0.717, 1.165) is 42.7 Å². The summed E-state index contributed by atoms with van der Waals surface area (Å²) in [5.74, 6) is 0.824. The summed E-state index contributed by atoms with van der Waals surface area (Å²) in [6.07, 6.45) is 3.35. The van der Waals surface area contributed by atoms with Gasteiger partial charge >= 0.3 is 0 Å². The molecular weight excluding hydrogens is 330 g/mol. The van der Waals surface area contributed by atoms with Crippen molar-refractivity contribution in [2.75, 3.05) is 25.9 Å². The maximum absolute atomic E-state index is 10.8. The van der Waals surface area contributed by atoms with Crippen LogP contribution in [0.15, 0.2) is 12.4 Å². The van der Waals surface area contributed by atoms with Crippen LogP contribution in [0.5, 0.6) is 0 Å². The van der Waals surface area contributed by atoms with Gasteiger partial charge in [-0.3, -0.25) is 4.79 Å². The third kappa shape index (κ3) is 5.42. The summed E-state index contributed by atoms with van der Waals surface area (Å²) in [6, 6.07) is 2.10. The molecule has 0 aliphatic carbocycles. The molecule has 26 heavy (non-hydrogen) atoms. The Kier molecular flexibility index (Phi) is 8.02. The SMILES string of the molecule is CC.COC(C)(C)C.Cc1cc(C2CCN(C=O)C2)n2ncnc(N)c12. The standard InChI is InChI=1S/C12H15N5O.C5H12O.C2H6/c1-8-4-10(9-2-3-16(5-9)7-18)17-11(8)12(13)14-6-15-17;1-5(2,3)6-4;1-2/h4,6-7,9H,2-3,5H2,1H3,(H2,13,14,15);1-4H3;1-2H3. The molecule has 1 saturated heterocycles. The molecule has 7 heteroatoms. The van der Waals surface area contributed by atoms with E-state index in [0.29, 0.717) is 11.7 Å². The number of nitrogens with zero attached hydrogens (tertiary/aromatic N) is 4. The largest absolute Gasteiger partial charge is 0.382 e. The summed E-state index contributed by atoms with van der Waals surface area (Å²) in [6.45, 7) is 13.6. The minimum absolute atomic E-state index is 0.0417. The van der Waals surface area contributed by atoms with E-state index in [9.17, 15) is 4.79 Å². The lowest BCUT2D eigenvalue weighted by Crippen LogP contribution is -2.18. The molecule has 2 aromatic rings. The molecule has 7 nitrogen and oxygen atoms in total. The lowest BCUT2D eigenvalue weighted by atomic mass is 10.1. The number of anilines is 1. The Morgan fingerprint density at radius 1 is 1.35 bits per heavy atom. The molecule has 146 valence electrons. The van der Waals surface area contributed by atoms with Gasteiger partial charge in [0.25, 0.3) is 0 Å². The Balaban J connectivity index is 0.000000363. The molecule has 3 rings (SSSR count). The molecule has 3 heterocycles. The maximum Gasteiger partial charge on any atom is 0.209 e. The van der Waals surface area contributed by atoms with Crippen molar-refractivity contribution in [2.24, 2.45) is 0 Å². The van der Waals surface area contributed by atoms with Crippen molar-refractivity contribution in [3.05, 3.63) is 23.7 Å². The van der Waals surface area contributed by atoms with E-state index >= 15 is 0 Å². The molecule has 2 aromatic heterocycles. The Morgan fingerprint density at radius 3 is 2.46 bits per heavy atom. The Labute approximate surface area is 156 Å². The zero-order valence-electron chi connectivity index (χ0n) is 17.1. The second kappa shape index (κ2) is 9.52. The van der Waals surface area contributed by atoms with Gasteiger partial charge in [-0.2, -0.15) is 5.10 Å². The van der Waals surface area contributed by atoms with E-state index in [4.69, 9.17) is 10.5 Å². The third-order valence-corrected chi connectivity index (χ3v) is 4.20. The van der Waals surface area contributed by atoms with E-state index in [1.54, 1.807) is 12.0 Å². The van der Waals surface area contributed by atoms with Gasteiger partial charge in [-0.1, -0.05) is 13.8 Å². The number of methoxy groups -OCH3 is 1. The van der Waals surface area contributed by atoms with Crippen molar-refractivity contribution in [3.63, 3.8) is 0 Å². The zero-order valence-corrected chi connectivity index (χ0v) is 17.1. The molecule has 0 spiro atoms. The summed E-state index contributed by atoms with van der Waals surface area (Å²) in [5.41, 5.74) is 8.99. The van der Waals surface area contributed by atoms with E-state index in [-0.39, 0.29) is 5.60 Å². The number of aryl methyl sites for hydroxylation is 1. The van der Waals surface area contributed by atoms with Crippen LogP contribution in [0.3, 0.4) is 0 Å². The number of carbonyl (C=O) groups excluding carboxylic acids is 1. The van der Waals surface area contributed by atoms with Gasteiger partial charge in [0.1, 0.15) is 11.8 Å². The number of rotatable bonds is 2. The van der Waals surface area contributed by atoms with E-state index in [2.05, 4.69) is 16.1 Å². The number of nitrogens with two attached hydrogens (primary N) is 1. The summed E-state index contributed by atoms with van der Waals surface area (Å²) >= 11 is 0. The van der Waals surface area contributed by atoms with Gasteiger partial charge in [-0.05, 0) is 45.7 Å². The minimum atomic E-state index is 0.0417. The van der Waals surface area contributed by atoms with Crippen LogP contribution in [0.4, 0.5) is 5.82 Å². The number of carbonyl (C=O) groups is 1. The molecule has 1 amide bonds. The van der Waals surface area contributed by atoms with Crippen LogP contribution < -0.4 is 5.73 Å². The first kappa shape index (κ1) is 21.9. The Bertz CT molecular complexity index is 706. The van der Waals surface area contributed by atoms with Gasteiger partial charge in [0.15, 0.2) is 5.82 Å². The molecule has 0 aromatic carbocycles. The smallest absolute Gasteiger partial charge is 0.209 e. The second-order valence-corrected chi connectivity index (χ2v) is 7.06. The molecule has 1 unspecified atom stereocenters. The highest BCUT2D eigenvalue weighted by atomic mass is 16.5. The molecule has 0 saturated carbocycles. The topological polar surface area (TPSA) is 85.8 Å². The fourth-order valence-electron chi connectivity index (χ4n) is 2.70. The van der Waals surface area contributed by atoms with Gasteiger partial charge in [-0.25, -0.2) is 9.50 Å². The first-order valence-corrected chi connectivity index (χ1v) is 9.10. The summed E-state index contributed by atoms with van der Waals surface area (Å²) in [5, 5.41) is 4.28. The Hall–Kier alpha value is -2.15. The van der Waals surface area contributed by atoms with Crippen LogP contribution in [0.25, 0.3) is 5.52 Å². The fraction of sp³-hybridized carbons (Fsp3) is 0.632. The van der Waals surface area contributed by atoms with E-state index in [1.807, 2.05) is 46.1 Å². The highest BCUT2D eigenvalue weighted by molar-refractivity contribution is 5.70. The predicted molar refractivity (Wildman–Crippen MR) is 105 cm³/mol. The molecule has 1 aliphatic heterocycles. The van der Waals surface area contributed by atoms with Crippen LogP contribution in [-0.4, -0.2) is 51.7 Å². The second-order valence-electron chi connectivity index (χ2n) is 7.06. The van der Waals surface area contributed by atoms with Crippen LogP contribution in [0.2, 0.25) is 0 Å². The summed E-state index contributed by atoms with van der Waals surface area (Å²) in [7, 11) is 1.71. The number of hydrogen-bond acceptors (Lipinski definition) is 5. The molecular formula is C19H33N5O2.